The van der Waals surface area contributed by atoms with Crippen LogP contribution in [0.3, 0.4) is 0 Å². The molecule has 0 radical (unpaired) electrons. The number of carbonyl (C=O) groups excluding carboxylic acids is 1. The van der Waals surface area contributed by atoms with E-state index in [1.807, 2.05) is 6.07 Å². The van der Waals surface area contributed by atoms with E-state index in [9.17, 15) is 9.18 Å². The highest BCUT2D eigenvalue weighted by Gasteiger charge is 2.34. The van der Waals surface area contributed by atoms with Crippen LogP contribution in [0, 0.1) is 24.6 Å². The van der Waals surface area contributed by atoms with E-state index in [4.69, 9.17) is 4.74 Å². The Morgan fingerprint density at radius 1 is 1.19 bits per heavy atom. The lowest BCUT2D eigenvalue weighted by Gasteiger charge is -2.37. The Bertz CT molecular complexity index is 1070. The summed E-state index contributed by atoms with van der Waals surface area (Å²) in [6, 6.07) is 8.44. The Kier molecular flexibility index (Phi) is 6.49. The van der Waals surface area contributed by atoms with Crippen LogP contribution in [0.5, 0.6) is 5.75 Å². The number of nitrogens with one attached hydrogen (secondary N) is 1. The van der Waals surface area contributed by atoms with Gasteiger partial charge in [0.15, 0.2) is 0 Å². The van der Waals surface area contributed by atoms with Crippen LogP contribution in [0.4, 0.5) is 10.1 Å². The number of carbonyl (C=O) groups is 1. The summed E-state index contributed by atoms with van der Waals surface area (Å²) in [6.45, 7) is 8.13. The van der Waals surface area contributed by atoms with Crippen molar-refractivity contribution < 1.29 is 13.9 Å². The summed E-state index contributed by atoms with van der Waals surface area (Å²) in [5.74, 6) is 1.48. The third kappa shape index (κ3) is 4.78. The summed E-state index contributed by atoms with van der Waals surface area (Å²) in [5.41, 5.74) is 3.37. The molecule has 2 aliphatic rings. The van der Waals surface area contributed by atoms with Gasteiger partial charge in [-0.15, -0.1) is 0 Å². The molecule has 3 nitrogen and oxygen atoms in total. The van der Waals surface area contributed by atoms with Gasteiger partial charge in [0.2, 0.25) is 0 Å². The van der Waals surface area contributed by atoms with E-state index in [2.05, 4.69) is 48.1 Å². The SMILES string of the molecule is CC[C@H]1CC[C@@H](C2=CC(C)(C)Oc3c(Br)cc(C(=O)Nc4ccc(C)c(F)c4)cc32)CC1. The molecule has 1 fully saturated rings. The van der Waals surface area contributed by atoms with Crippen molar-refractivity contribution in [2.45, 2.75) is 65.4 Å². The average molecular weight is 500 g/mol. The van der Waals surface area contributed by atoms with Crippen molar-refractivity contribution in [2.24, 2.45) is 11.8 Å². The minimum atomic E-state index is -0.407. The van der Waals surface area contributed by atoms with Gasteiger partial charge in [-0.2, -0.15) is 0 Å². The summed E-state index contributed by atoms with van der Waals surface area (Å²) in [7, 11) is 0. The minimum absolute atomic E-state index is 0.268. The third-order valence-electron chi connectivity index (χ3n) is 6.78. The van der Waals surface area contributed by atoms with Crippen molar-refractivity contribution in [3.63, 3.8) is 0 Å². The number of allylic oxidation sites excluding steroid dienone is 1. The Morgan fingerprint density at radius 2 is 1.91 bits per heavy atom. The monoisotopic (exact) mass is 499 g/mol. The molecule has 5 heteroatoms. The lowest BCUT2D eigenvalue weighted by molar-refractivity contribution is 0.102. The number of benzene rings is 2. The molecule has 2 aromatic carbocycles. The molecule has 0 bridgehead atoms. The second-order valence-electron chi connectivity index (χ2n) is 9.68. The van der Waals surface area contributed by atoms with Crippen LogP contribution in [0.25, 0.3) is 5.57 Å². The molecular weight excluding hydrogens is 469 g/mol. The molecule has 1 aliphatic carbocycles. The fourth-order valence-corrected chi connectivity index (χ4v) is 5.42. The van der Waals surface area contributed by atoms with E-state index in [0.717, 1.165) is 34.5 Å². The first-order chi connectivity index (χ1) is 15.2. The number of rotatable bonds is 4. The Labute approximate surface area is 198 Å². The molecule has 1 saturated carbocycles. The zero-order chi connectivity index (χ0) is 23.0. The maximum atomic E-state index is 13.9. The van der Waals surface area contributed by atoms with Gasteiger partial charge >= 0.3 is 0 Å². The van der Waals surface area contributed by atoms with Crippen molar-refractivity contribution in [1.29, 1.82) is 0 Å². The van der Waals surface area contributed by atoms with E-state index in [1.165, 1.54) is 30.9 Å². The molecule has 0 unspecified atom stereocenters. The van der Waals surface area contributed by atoms with Crippen LogP contribution in [-0.2, 0) is 0 Å². The predicted octanol–water partition coefficient (Wildman–Crippen LogP) is 7.92. The molecule has 0 spiro atoms. The summed E-state index contributed by atoms with van der Waals surface area (Å²) in [6.07, 6.45) is 8.29. The predicted molar refractivity (Wildman–Crippen MR) is 132 cm³/mol. The number of anilines is 1. The molecule has 1 amide bonds. The molecule has 32 heavy (non-hydrogen) atoms. The highest BCUT2D eigenvalue weighted by Crippen LogP contribution is 2.48. The molecule has 170 valence electrons. The largest absolute Gasteiger partial charge is 0.482 e. The van der Waals surface area contributed by atoms with E-state index < -0.39 is 5.60 Å². The van der Waals surface area contributed by atoms with Crippen LogP contribution >= 0.6 is 15.9 Å². The van der Waals surface area contributed by atoms with Crippen LogP contribution in [-0.4, -0.2) is 11.5 Å². The summed E-state index contributed by atoms with van der Waals surface area (Å²) < 4.78 is 21.0. The van der Waals surface area contributed by atoms with Crippen molar-refractivity contribution in [1.82, 2.24) is 0 Å². The molecule has 2 aromatic rings. The summed E-state index contributed by atoms with van der Waals surface area (Å²) >= 11 is 3.64. The topological polar surface area (TPSA) is 38.3 Å². The van der Waals surface area contributed by atoms with Gasteiger partial charge in [0.05, 0.1) is 4.47 Å². The smallest absolute Gasteiger partial charge is 0.255 e. The van der Waals surface area contributed by atoms with Crippen molar-refractivity contribution in [3.8, 4) is 5.75 Å². The van der Waals surface area contributed by atoms with Crippen molar-refractivity contribution in [2.75, 3.05) is 5.32 Å². The van der Waals surface area contributed by atoms with Crippen LogP contribution < -0.4 is 10.1 Å². The van der Waals surface area contributed by atoms with Gasteiger partial charge in [-0.3, -0.25) is 4.79 Å². The molecule has 1 heterocycles. The molecule has 0 aromatic heterocycles. The van der Waals surface area contributed by atoms with E-state index >= 15 is 0 Å². The first-order valence-electron chi connectivity index (χ1n) is 11.5. The zero-order valence-electron chi connectivity index (χ0n) is 19.2. The Morgan fingerprint density at radius 3 is 2.56 bits per heavy atom. The summed E-state index contributed by atoms with van der Waals surface area (Å²) in [4.78, 5) is 13.0. The number of halogens is 2. The minimum Gasteiger partial charge on any atom is -0.482 e. The van der Waals surface area contributed by atoms with E-state index in [1.54, 1.807) is 25.1 Å². The van der Waals surface area contributed by atoms with Gasteiger partial charge in [-0.05, 0) is 116 Å². The fourth-order valence-electron chi connectivity index (χ4n) is 4.88. The van der Waals surface area contributed by atoms with Gasteiger partial charge in [-0.25, -0.2) is 4.39 Å². The maximum Gasteiger partial charge on any atom is 0.255 e. The van der Waals surface area contributed by atoms with Gasteiger partial charge in [0.1, 0.15) is 17.2 Å². The number of fused-ring (bicyclic) bond motifs is 1. The molecule has 4 rings (SSSR count). The normalized spacial score (nSPS) is 21.9. The van der Waals surface area contributed by atoms with Crippen molar-refractivity contribution in [3.05, 3.63) is 63.4 Å². The quantitative estimate of drug-likeness (QED) is 0.463. The molecule has 0 atom stereocenters. The van der Waals surface area contributed by atoms with Gasteiger partial charge < -0.3 is 10.1 Å². The maximum absolute atomic E-state index is 13.9. The lowest BCUT2D eigenvalue weighted by Crippen LogP contribution is -2.31. The van der Waals surface area contributed by atoms with E-state index in [0.29, 0.717) is 22.7 Å². The first-order valence-corrected chi connectivity index (χ1v) is 12.3. The van der Waals surface area contributed by atoms with Gasteiger partial charge in [0.25, 0.3) is 5.91 Å². The number of hydrogen-bond donors (Lipinski definition) is 1. The molecule has 1 aliphatic heterocycles. The Hall–Kier alpha value is -2.14. The second-order valence-corrected chi connectivity index (χ2v) is 10.5. The Balaban J connectivity index is 1.66. The number of hydrogen-bond acceptors (Lipinski definition) is 2. The number of aryl methyl sites for hydroxylation is 1. The molecular formula is C27H31BrFNO2. The van der Waals surface area contributed by atoms with Crippen molar-refractivity contribution >= 4 is 33.1 Å². The van der Waals surface area contributed by atoms with Gasteiger partial charge in [-0.1, -0.05) is 19.4 Å². The first kappa shape index (κ1) is 23.0. The fraction of sp³-hybridized carbons (Fsp3) is 0.444. The summed E-state index contributed by atoms with van der Waals surface area (Å²) in [5, 5.41) is 2.82. The van der Waals surface area contributed by atoms with Crippen LogP contribution in [0.15, 0.2) is 40.9 Å². The molecule has 0 saturated heterocycles. The van der Waals surface area contributed by atoms with E-state index in [-0.39, 0.29) is 11.7 Å². The highest BCUT2D eigenvalue weighted by atomic mass is 79.9. The lowest BCUT2D eigenvalue weighted by atomic mass is 9.74. The van der Waals surface area contributed by atoms with Crippen LogP contribution in [0.2, 0.25) is 0 Å². The number of amides is 1. The standard InChI is InChI=1S/C27H31BrFNO2/c1-5-17-7-9-18(10-8-17)22-15-27(3,4)32-25-21(22)12-19(13-23(25)28)26(31)30-20-11-6-16(2)24(29)14-20/h6,11-15,17-18H,5,7-10H2,1-4H3,(H,30,31)/t17-,18+. The van der Waals surface area contributed by atoms with Crippen LogP contribution in [0.1, 0.15) is 74.4 Å². The van der Waals surface area contributed by atoms with Gasteiger partial charge in [0, 0.05) is 16.8 Å². The molecule has 1 N–H and O–H groups in total. The highest BCUT2D eigenvalue weighted by molar-refractivity contribution is 9.10. The number of ether oxygens (including phenoxy) is 1. The average Bonchev–Trinajstić information content (AvgIpc) is 2.76. The zero-order valence-corrected chi connectivity index (χ0v) is 20.8. The third-order valence-corrected chi connectivity index (χ3v) is 7.37. The second kappa shape index (κ2) is 9.01.